The van der Waals surface area contributed by atoms with Crippen LogP contribution in [0.3, 0.4) is 0 Å². The number of ketones is 1. The van der Waals surface area contributed by atoms with Gasteiger partial charge in [0.25, 0.3) is 0 Å². The number of thiophene rings is 2. The predicted molar refractivity (Wildman–Crippen MR) is 75.8 cm³/mol. The molecule has 2 aromatic rings. The minimum absolute atomic E-state index is 0.00398. The van der Waals surface area contributed by atoms with Crippen molar-refractivity contribution in [2.45, 2.75) is 11.8 Å². The van der Waals surface area contributed by atoms with Crippen LogP contribution in [0.15, 0.2) is 27.8 Å². The molecule has 0 saturated carbocycles. The molecule has 2 rings (SSSR count). The van der Waals surface area contributed by atoms with Crippen LogP contribution in [0.2, 0.25) is 0 Å². The van der Waals surface area contributed by atoms with Gasteiger partial charge >= 0.3 is 0 Å². The van der Waals surface area contributed by atoms with Gasteiger partial charge in [-0.15, -0.1) is 22.7 Å². The number of hydrogen-bond acceptors (Lipinski definition) is 6. The van der Waals surface area contributed by atoms with Crippen molar-refractivity contribution in [2.24, 2.45) is 0 Å². The van der Waals surface area contributed by atoms with E-state index in [4.69, 9.17) is 0 Å². The van der Waals surface area contributed by atoms with Crippen LogP contribution >= 0.6 is 22.7 Å². The summed E-state index contributed by atoms with van der Waals surface area (Å²) in [5.74, 6) is -0.899. The summed E-state index contributed by atoms with van der Waals surface area (Å²) in [6, 6.07) is 3.60. The Morgan fingerprint density at radius 1 is 1.37 bits per heavy atom. The molecule has 7 heteroatoms. The van der Waals surface area contributed by atoms with E-state index in [9.17, 15) is 18.0 Å². The second-order valence-corrected chi connectivity index (χ2v) is 7.74. The maximum atomic E-state index is 12.0. The summed E-state index contributed by atoms with van der Waals surface area (Å²) >= 11 is 2.57. The van der Waals surface area contributed by atoms with Crippen molar-refractivity contribution in [3.8, 4) is 9.75 Å². The van der Waals surface area contributed by atoms with Gasteiger partial charge in [-0.2, -0.15) is 0 Å². The Morgan fingerprint density at radius 3 is 2.63 bits per heavy atom. The van der Waals surface area contributed by atoms with Gasteiger partial charge in [0, 0.05) is 10.3 Å². The highest BCUT2D eigenvalue weighted by molar-refractivity contribution is 7.91. The zero-order valence-electron chi connectivity index (χ0n) is 9.95. The Bertz CT molecular complexity index is 708. The van der Waals surface area contributed by atoms with Crippen LogP contribution in [-0.2, 0) is 14.6 Å². The Balaban J connectivity index is 2.72. The molecular formula is C12H10O4S3. The van der Waals surface area contributed by atoms with Crippen molar-refractivity contribution in [1.29, 1.82) is 0 Å². The molecule has 0 aliphatic heterocycles. The van der Waals surface area contributed by atoms with E-state index in [0.717, 1.165) is 4.88 Å². The SMILES string of the molecule is CCS(=O)(=O)c1csc(-c2cccs2)c1C(=O)C=O. The summed E-state index contributed by atoms with van der Waals surface area (Å²) in [4.78, 5) is 23.8. The quantitative estimate of drug-likeness (QED) is 0.483. The molecule has 0 saturated heterocycles. The smallest absolute Gasteiger partial charge is 0.228 e. The molecular weight excluding hydrogens is 304 g/mol. The van der Waals surface area contributed by atoms with Crippen LogP contribution in [0.5, 0.6) is 0 Å². The Kier molecular flexibility index (Phi) is 3.98. The maximum absolute atomic E-state index is 12.0. The monoisotopic (exact) mass is 314 g/mol. The van der Waals surface area contributed by atoms with Crippen molar-refractivity contribution in [2.75, 3.05) is 5.75 Å². The lowest BCUT2D eigenvalue weighted by Crippen LogP contribution is -2.10. The summed E-state index contributed by atoms with van der Waals surface area (Å²) in [5, 5.41) is 3.27. The molecule has 0 atom stereocenters. The first-order valence-corrected chi connectivity index (χ1v) is 8.80. The fraction of sp³-hybridized carbons (Fsp3) is 0.167. The Morgan fingerprint density at radius 2 is 2.11 bits per heavy atom. The van der Waals surface area contributed by atoms with E-state index in [1.54, 1.807) is 6.07 Å². The van der Waals surface area contributed by atoms with Gasteiger partial charge in [-0.1, -0.05) is 13.0 Å². The second kappa shape index (κ2) is 5.36. The summed E-state index contributed by atoms with van der Waals surface area (Å²) in [6.07, 6.45) is 0.161. The summed E-state index contributed by atoms with van der Waals surface area (Å²) < 4.78 is 23.9. The number of sulfone groups is 1. The van der Waals surface area contributed by atoms with Gasteiger partial charge in [-0.05, 0) is 11.4 Å². The van der Waals surface area contributed by atoms with Crippen molar-refractivity contribution >= 4 is 44.6 Å². The number of rotatable bonds is 5. The van der Waals surface area contributed by atoms with Gasteiger partial charge in [-0.3, -0.25) is 9.59 Å². The number of aldehydes is 1. The summed E-state index contributed by atoms with van der Waals surface area (Å²) in [5.41, 5.74) is 0.00398. The number of hydrogen-bond donors (Lipinski definition) is 0. The minimum Gasteiger partial charge on any atom is -0.294 e. The van der Waals surface area contributed by atoms with E-state index >= 15 is 0 Å². The van der Waals surface area contributed by atoms with Crippen LogP contribution in [0, 0.1) is 0 Å². The molecule has 0 amide bonds. The Hall–Kier alpha value is -1.31. The molecule has 0 spiro atoms. The molecule has 19 heavy (non-hydrogen) atoms. The molecule has 0 N–H and O–H groups in total. The normalized spacial score (nSPS) is 11.4. The molecule has 100 valence electrons. The minimum atomic E-state index is -3.52. The lowest BCUT2D eigenvalue weighted by atomic mass is 10.1. The molecule has 2 aromatic heterocycles. The van der Waals surface area contributed by atoms with Crippen molar-refractivity contribution in [3.63, 3.8) is 0 Å². The van der Waals surface area contributed by atoms with E-state index in [1.165, 1.54) is 35.0 Å². The molecule has 0 bridgehead atoms. The molecule has 0 aliphatic carbocycles. The first-order valence-electron chi connectivity index (χ1n) is 5.39. The topological polar surface area (TPSA) is 68.3 Å². The zero-order chi connectivity index (χ0) is 14.0. The van der Waals surface area contributed by atoms with Crippen LogP contribution in [0.4, 0.5) is 0 Å². The molecule has 0 aromatic carbocycles. The van der Waals surface area contributed by atoms with Gasteiger partial charge in [0.05, 0.1) is 21.1 Å². The third kappa shape index (κ3) is 2.54. The average molecular weight is 314 g/mol. The van der Waals surface area contributed by atoms with Crippen LogP contribution < -0.4 is 0 Å². The summed E-state index contributed by atoms with van der Waals surface area (Å²) in [7, 11) is -3.52. The van der Waals surface area contributed by atoms with Crippen molar-refractivity contribution in [1.82, 2.24) is 0 Å². The van der Waals surface area contributed by atoms with E-state index in [-0.39, 0.29) is 22.5 Å². The lowest BCUT2D eigenvalue weighted by molar-refractivity contribution is -0.104. The second-order valence-electron chi connectivity index (χ2n) is 3.67. The van der Waals surface area contributed by atoms with Gasteiger partial charge < -0.3 is 0 Å². The number of Topliss-reactive ketones (excluding diaryl/α,β-unsaturated/α-hetero) is 1. The van der Waals surface area contributed by atoms with Gasteiger partial charge in [0.1, 0.15) is 0 Å². The highest BCUT2D eigenvalue weighted by atomic mass is 32.2. The van der Waals surface area contributed by atoms with E-state index in [2.05, 4.69) is 0 Å². The van der Waals surface area contributed by atoms with Gasteiger partial charge in [-0.25, -0.2) is 8.42 Å². The third-order valence-corrected chi connectivity index (χ3v) is 6.50. The molecule has 4 nitrogen and oxygen atoms in total. The molecule has 0 radical (unpaired) electrons. The largest absolute Gasteiger partial charge is 0.294 e. The first kappa shape index (κ1) is 14.1. The van der Waals surface area contributed by atoms with Crippen molar-refractivity contribution < 1.29 is 18.0 Å². The number of carbonyl (C=O) groups is 2. The van der Waals surface area contributed by atoms with E-state index in [0.29, 0.717) is 4.88 Å². The fourth-order valence-corrected chi connectivity index (χ4v) is 5.04. The lowest BCUT2D eigenvalue weighted by Gasteiger charge is -2.02. The van der Waals surface area contributed by atoms with Crippen LogP contribution in [0.25, 0.3) is 9.75 Å². The predicted octanol–water partition coefficient (Wildman–Crippen LogP) is 2.65. The van der Waals surface area contributed by atoms with Gasteiger partial charge in [0.15, 0.2) is 16.1 Å². The highest BCUT2D eigenvalue weighted by Gasteiger charge is 2.27. The number of carbonyl (C=O) groups excluding carboxylic acids is 2. The average Bonchev–Trinajstić information content (AvgIpc) is 3.05. The maximum Gasteiger partial charge on any atom is 0.228 e. The molecule has 2 heterocycles. The van der Waals surface area contributed by atoms with Crippen molar-refractivity contribution in [3.05, 3.63) is 28.5 Å². The zero-order valence-corrected chi connectivity index (χ0v) is 12.4. The van der Waals surface area contributed by atoms with E-state index in [1.807, 2.05) is 11.4 Å². The van der Waals surface area contributed by atoms with Crippen LogP contribution in [0.1, 0.15) is 17.3 Å². The van der Waals surface area contributed by atoms with E-state index < -0.39 is 15.6 Å². The molecule has 0 unspecified atom stereocenters. The fourth-order valence-electron chi connectivity index (χ4n) is 1.61. The molecule has 0 fully saturated rings. The Labute approximate surface area is 118 Å². The van der Waals surface area contributed by atoms with Crippen LogP contribution in [-0.4, -0.2) is 26.2 Å². The standard InChI is InChI=1S/C12H10O4S3/c1-2-19(15,16)10-7-18-12(9-4-3-5-17-9)11(10)8(14)6-13/h3-7H,2H2,1H3. The van der Waals surface area contributed by atoms with Gasteiger partial charge in [0.2, 0.25) is 5.78 Å². The molecule has 0 aliphatic rings. The highest BCUT2D eigenvalue weighted by Crippen LogP contribution is 2.38. The third-order valence-electron chi connectivity index (χ3n) is 2.57. The summed E-state index contributed by atoms with van der Waals surface area (Å²) in [6.45, 7) is 1.51. The first-order chi connectivity index (χ1) is 9.01.